The highest BCUT2D eigenvalue weighted by Crippen LogP contribution is 2.15. The molecular formula is C61H106O6. The molecular weight excluding hydrogens is 829 g/mol. The van der Waals surface area contributed by atoms with Crippen molar-refractivity contribution in [2.45, 2.75) is 284 Å². The molecule has 0 spiro atoms. The van der Waals surface area contributed by atoms with Crippen LogP contribution in [0.5, 0.6) is 0 Å². The van der Waals surface area contributed by atoms with E-state index in [0.29, 0.717) is 19.3 Å². The van der Waals surface area contributed by atoms with Crippen LogP contribution < -0.4 is 0 Å². The van der Waals surface area contributed by atoms with Crippen molar-refractivity contribution in [3.63, 3.8) is 0 Å². The van der Waals surface area contributed by atoms with Crippen LogP contribution in [0.3, 0.4) is 0 Å². The zero-order valence-corrected chi connectivity index (χ0v) is 44.2. The van der Waals surface area contributed by atoms with Crippen LogP contribution in [0, 0.1) is 0 Å². The van der Waals surface area contributed by atoms with Crippen molar-refractivity contribution in [3.05, 3.63) is 72.9 Å². The molecule has 0 saturated heterocycles. The Morgan fingerprint density at radius 1 is 0.299 bits per heavy atom. The monoisotopic (exact) mass is 935 g/mol. The molecule has 386 valence electrons. The third-order valence-corrected chi connectivity index (χ3v) is 12.2. The fourth-order valence-electron chi connectivity index (χ4n) is 7.80. The van der Waals surface area contributed by atoms with Gasteiger partial charge in [0.15, 0.2) is 6.10 Å². The molecule has 0 saturated carbocycles. The van der Waals surface area contributed by atoms with Gasteiger partial charge >= 0.3 is 17.9 Å². The van der Waals surface area contributed by atoms with E-state index in [9.17, 15) is 14.4 Å². The quantitative estimate of drug-likeness (QED) is 0.0262. The van der Waals surface area contributed by atoms with Gasteiger partial charge in [-0.1, -0.05) is 229 Å². The van der Waals surface area contributed by atoms with Gasteiger partial charge in [-0.25, -0.2) is 0 Å². The minimum absolute atomic E-state index is 0.0877. The lowest BCUT2D eigenvalue weighted by atomic mass is 10.1. The average molecular weight is 936 g/mol. The predicted octanol–water partition coefficient (Wildman–Crippen LogP) is 19.0. The molecule has 0 aliphatic carbocycles. The summed E-state index contributed by atoms with van der Waals surface area (Å²) in [6.07, 6.45) is 70.3. The summed E-state index contributed by atoms with van der Waals surface area (Å²) in [4.78, 5) is 38.1. The minimum Gasteiger partial charge on any atom is -0.462 e. The molecule has 0 amide bonds. The van der Waals surface area contributed by atoms with Gasteiger partial charge in [0.05, 0.1) is 0 Å². The number of esters is 3. The molecule has 6 nitrogen and oxygen atoms in total. The van der Waals surface area contributed by atoms with Crippen LogP contribution in [-0.4, -0.2) is 37.2 Å². The molecule has 1 unspecified atom stereocenters. The fraction of sp³-hybridized carbons (Fsp3) is 0.754. The van der Waals surface area contributed by atoms with Crippen molar-refractivity contribution in [2.24, 2.45) is 0 Å². The number of carbonyl (C=O) groups is 3. The van der Waals surface area contributed by atoms with E-state index in [1.54, 1.807) is 0 Å². The van der Waals surface area contributed by atoms with E-state index >= 15 is 0 Å². The van der Waals surface area contributed by atoms with Gasteiger partial charge in [0.2, 0.25) is 0 Å². The number of rotatable bonds is 51. The molecule has 0 aliphatic heterocycles. The lowest BCUT2D eigenvalue weighted by Gasteiger charge is -2.18. The smallest absolute Gasteiger partial charge is 0.306 e. The van der Waals surface area contributed by atoms with Crippen molar-refractivity contribution in [3.8, 4) is 0 Å². The van der Waals surface area contributed by atoms with Crippen LogP contribution in [0.15, 0.2) is 72.9 Å². The third-order valence-electron chi connectivity index (χ3n) is 12.2. The van der Waals surface area contributed by atoms with Crippen molar-refractivity contribution in [2.75, 3.05) is 13.2 Å². The van der Waals surface area contributed by atoms with Gasteiger partial charge in [-0.3, -0.25) is 14.4 Å². The Morgan fingerprint density at radius 2 is 0.552 bits per heavy atom. The Labute approximate surface area is 414 Å². The van der Waals surface area contributed by atoms with Gasteiger partial charge in [-0.15, -0.1) is 0 Å². The van der Waals surface area contributed by atoms with Gasteiger partial charge in [0.1, 0.15) is 13.2 Å². The molecule has 0 aliphatic rings. The third kappa shape index (κ3) is 53.7. The number of unbranched alkanes of at least 4 members (excludes halogenated alkanes) is 28. The van der Waals surface area contributed by atoms with E-state index in [4.69, 9.17) is 14.2 Å². The standard InChI is InChI=1S/C61H106O6/c1-4-7-10-13-16-19-22-25-28-29-30-31-32-33-34-37-39-42-45-48-51-54-60(63)66-57-58(67-61(64)55-52-49-46-43-40-36-27-24-21-18-15-12-9-6-3)56-65-59(62)53-50-47-44-41-38-35-26-23-20-17-14-11-8-5-2/h14-15,17-18,22-27,29-30,58H,4-13,16,19-21,28,31-57H2,1-3H3/b17-14-,18-15-,25-22-,26-23-,27-24-,30-29-. The SMILES string of the molecule is CCCC/C=C\C/C=C\CCCCCCCC(=O)OCC(COC(=O)CCCCCCCCCCC/C=C\C/C=C\CCCCCCC)OC(=O)CCCCCCC/C=C\C/C=C\CCCC. The average Bonchev–Trinajstić information content (AvgIpc) is 3.33. The molecule has 0 radical (unpaired) electrons. The first-order valence-electron chi connectivity index (χ1n) is 28.4. The molecule has 0 fully saturated rings. The minimum atomic E-state index is -0.790. The Kier molecular flexibility index (Phi) is 52.8. The van der Waals surface area contributed by atoms with E-state index in [1.165, 1.54) is 122 Å². The van der Waals surface area contributed by atoms with Crippen molar-refractivity contribution in [1.82, 2.24) is 0 Å². The summed E-state index contributed by atoms with van der Waals surface area (Å²) >= 11 is 0. The molecule has 0 aromatic rings. The van der Waals surface area contributed by atoms with E-state index in [-0.39, 0.29) is 31.1 Å². The highest BCUT2D eigenvalue weighted by molar-refractivity contribution is 5.71. The van der Waals surface area contributed by atoms with E-state index < -0.39 is 6.10 Å². The Balaban J connectivity index is 4.37. The van der Waals surface area contributed by atoms with Crippen LogP contribution in [0.4, 0.5) is 0 Å². The molecule has 67 heavy (non-hydrogen) atoms. The van der Waals surface area contributed by atoms with Crippen LogP contribution >= 0.6 is 0 Å². The molecule has 1 atom stereocenters. The molecule has 0 bridgehead atoms. The van der Waals surface area contributed by atoms with Gasteiger partial charge in [-0.2, -0.15) is 0 Å². The molecule has 0 N–H and O–H groups in total. The normalized spacial score (nSPS) is 12.6. The molecule has 0 rings (SSSR count). The zero-order chi connectivity index (χ0) is 48.6. The largest absolute Gasteiger partial charge is 0.462 e. The van der Waals surface area contributed by atoms with E-state index in [1.807, 2.05) is 0 Å². The first kappa shape index (κ1) is 63.8. The number of hydrogen-bond donors (Lipinski definition) is 0. The van der Waals surface area contributed by atoms with E-state index in [2.05, 4.69) is 93.7 Å². The highest BCUT2D eigenvalue weighted by Gasteiger charge is 2.19. The lowest BCUT2D eigenvalue weighted by Crippen LogP contribution is -2.30. The molecule has 0 heterocycles. The maximum absolute atomic E-state index is 12.8. The first-order chi connectivity index (χ1) is 33.0. The Bertz CT molecular complexity index is 1260. The van der Waals surface area contributed by atoms with Crippen LogP contribution in [0.2, 0.25) is 0 Å². The number of ether oxygens (including phenoxy) is 3. The number of carbonyl (C=O) groups excluding carboxylic acids is 3. The van der Waals surface area contributed by atoms with Crippen molar-refractivity contribution in [1.29, 1.82) is 0 Å². The number of allylic oxidation sites excluding steroid dienone is 12. The van der Waals surface area contributed by atoms with Gasteiger partial charge < -0.3 is 14.2 Å². The predicted molar refractivity (Wildman–Crippen MR) is 288 cm³/mol. The fourth-order valence-corrected chi connectivity index (χ4v) is 7.80. The zero-order valence-electron chi connectivity index (χ0n) is 44.2. The summed E-state index contributed by atoms with van der Waals surface area (Å²) in [5.41, 5.74) is 0. The van der Waals surface area contributed by atoms with Crippen LogP contribution in [0.1, 0.15) is 278 Å². The van der Waals surface area contributed by atoms with Crippen LogP contribution in [-0.2, 0) is 28.6 Å². The maximum atomic E-state index is 12.8. The summed E-state index contributed by atoms with van der Waals surface area (Å²) < 4.78 is 16.8. The van der Waals surface area contributed by atoms with Gasteiger partial charge in [0.25, 0.3) is 0 Å². The molecule has 6 heteroatoms. The Hall–Kier alpha value is -3.15. The van der Waals surface area contributed by atoms with Crippen molar-refractivity contribution >= 4 is 17.9 Å². The maximum Gasteiger partial charge on any atom is 0.306 e. The molecule has 0 aromatic carbocycles. The Morgan fingerprint density at radius 3 is 0.866 bits per heavy atom. The summed E-state index contributed by atoms with van der Waals surface area (Å²) in [7, 11) is 0. The molecule has 0 aromatic heterocycles. The topological polar surface area (TPSA) is 78.9 Å². The highest BCUT2D eigenvalue weighted by atomic mass is 16.6. The second-order valence-corrected chi connectivity index (χ2v) is 18.8. The summed E-state index contributed by atoms with van der Waals surface area (Å²) in [6, 6.07) is 0. The van der Waals surface area contributed by atoms with Crippen LogP contribution in [0.25, 0.3) is 0 Å². The summed E-state index contributed by atoms with van der Waals surface area (Å²) in [5.74, 6) is -0.914. The first-order valence-corrected chi connectivity index (χ1v) is 28.4. The number of hydrogen-bond acceptors (Lipinski definition) is 6. The van der Waals surface area contributed by atoms with Gasteiger partial charge in [0, 0.05) is 19.3 Å². The van der Waals surface area contributed by atoms with Gasteiger partial charge in [-0.05, 0) is 103 Å². The van der Waals surface area contributed by atoms with Crippen molar-refractivity contribution < 1.29 is 28.6 Å². The second-order valence-electron chi connectivity index (χ2n) is 18.8. The second kappa shape index (κ2) is 55.4. The van der Waals surface area contributed by atoms with E-state index in [0.717, 1.165) is 116 Å². The summed E-state index contributed by atoms with van der Waals surface area (Å²) in [6.45, 7) is 6.53. The lowest BCUT2D eigenvalue weighted by molar-refractivity contribution is -0.167. The summed E-state index contributed by atoms with van der Waals surface area (Å²) in [5, 5.41) is 0.